The summed E-state index contributed by atoms with van der Waals surface area (Å²) in [5, 5.41) is 7.40. The minimum absolute atomic E-state index is 0.225. The summed E-state index contributed by atoms with van der Waals surface area (Å²) in [5.74, 6) is 1.64. The molecule has 0 amide bonds. The molecule has 0 bridgehead atoms. The fourth-order valence-corrected chi connectivity index (χ4v) is 3.79. The fraction of sp³-hybridized carbons (Fsp3) is 0.684. The van der Waals surface area contributed by atoms with Crippen LogP contribution in [-0.4, -0.2) is 37.9 Å². The first-order chi connectivity index (χ1) is 11.2. The Bertz CT molecular complexity index is 469. The van der Waals surface area contributed by atoms with Crippen LogP contribution < -0.4 is 15.4 Å². The first-order valence-electron chi connectivity index (χ1n) is 9.02. The SMILES string of the molecule is CC(C)Oc1ccc(CNC2CCCC2C2COCCN2)cc1. The third kappa shape index (κ3) is 4.69. The Morgan fingerprint density at radius 3 is 2.78 bits per heavy atom. The highest BCUT2D eigenvalue weighted by molar-refractivity contribution is 5.27. The second kappa shape index (κ2) is 8.13. The van der Waals surface area contributed by atoms with Crippen LogP contribution in [0.4, 0.5) is 0 Å². The van der Waals surface area contributed by atoms with Crippen molar-refractivity contribution in [3.8, 4) is 5.75 Å². The minimum atomic E-state index is 0.225. The lowest BCUT2D eigenvalue weighted by atomic mass is 9.94. The normalized spacial score (nSPS) is 28.2. The lowest BCUT2D eigenvalue weighted by Gasteiger charge is -2.33. The van der Waals surface area contributed by atoms with Gasteiger partial charge in [-0.05, 0) is 50.3 Å². The molecule has 1 aromatic rings. The van der Waals surface area contributed by atoms with E-state index >= 15 is 0 Å². The van der Waals surface area contributed by atoms with Crippen molar-refractivity contribution in [2.24, 2.45) is 5.92 Å². The molecule has 128 valence electrons. The van der Waals surface area contributed by atoms with E-state index in [0.29, 0.717) is 18.0 Å². The van der Waals surface area contributed by atoms with E-state index in [9.17, 15) is 0 Å². The molecular formula is C19H30N2O2. The average Bonchev–Trinajstić information content (AvgIpc) is 3.03. The number of morpholine rings is 1. The monoisotopic (exact) mass is 318 g/mol. The van der Waals surface area contributed by atoms with Gasteiger partial charge in [0.05, 0.1) is 19.3 Å². The smallest absolute Gasteiger partial charge is 0.119 e. The molecule has 1 saturated heterocycles. The largest absolute Gasteiger partial charge is 0.491 e. The number of rotatable bonds is 6. The van der Waals surface area contributed by atoms with Crippen molar-refractivity contribution < 1.29 is 9.47 Å². The molecule has 1 heterocycles. The Labute approximate surface area is 139 Å². The van der Waals surface area contributed by atoms with E-state index in [-0.39, 0.29) is 6.10 Å². The van der Waals surface area contributed by atoms with Gasteiger partial charge in [-0.15, -0.1) is 0 Å². The predicted octanol–water partition coefficient (Wildman–Crippen LogP) is 2.72. The molecule has 2 fully saturated rings. The Hall–Kier alpha value is -1.10. The van der Waals surface area contributed by atoms with Crippen molar-refractivity contribution in [1.82, 2.24) is 10.6 Å². The molecule has 3 atom stereocenters. The molecule has 2 aliphatic rings. The molecule has 4 heteroatoms. The van der Waals surface area contributed by atoms with E-state index in [1.54, 1.807) is 0 Å². The van der Waals surface area contributed by atoms with Crippen LogP contribution in [0.1, 0.15) is 38.7 Å². The Balaban J connectivity index is 1.50. The highest BCUT2D eigenvalue weighted by atomic mass is 16.5. The zero-order valence-corrected chi connectivity index (χ0v) is 14.4. The van der Waals surface area contributed by atoms with Crippen molar-refractivity contribution >= 4 is 0 Å². The number of benzene rings is 1. The first-order valence-corrected chi connectivity index (χ1v) is 9.02. The fourth-order valence-electron chi connectivity index (χ4n) is 3.79. The van der Waals surface area contributed by atoms with Crippen LogP contribution in [-0.2, 0) is 11.3 Å². The number of hydrogen-bond acceptors (Lipinski definition) is 4. The second-order valence-electron chi connectivity index (χ2n) is 7.03. The lowest BCUT2D eigenvalue weighted by molar-refractivity contribution is 0.0524. The number of hydrogen-bond donors (Lipinski definition) is 2. The maximum Gasteiger partial charge on any atom is 0.119 e. The molecule has 1 aromatic carbocycles. The van der Waals surface area contributed by atoms with E-state index in [2.05, 4.69) is 48.7 Å². The third-order valence-corrected chi connectivity index (χ3v) is 4.90. The van der Waals surface area contributed by atoms with Crippen LogP contribution in [0, 0.1) is 5.92 Å². The van der Waals surface area contributed by atoms with Gasteiger partial charge < -0.3 is 20.1 Å². The van der Waals surface area contributed by atoms with Gasteiger partial charge in [0, 0.05) is 25.2 Å². The van der Waals surface area contributed by atoms with Gasteiger partial charge in [0.1, 0.15) is 5.75 Å². The molecule has 23 heavy (non-hydrogen) atoms. The average molecular weight is 318 g/mol. The van der Waals surface area contributed by atoms with Gasteiger partial charge >= 0.3 is 0 Å². The van der Waals surface area contributed by atoms with Gasteiger partial charge in [-0.3, -0.25) is 0 Å². The van der Waals surface area contributed by atoms with E-state index < -0.39 is 0 Å². The van der Waals surface area contributed by atoms with E-state index in [1.165, 1.54) is 24.8 Å². The van der Waals surface area contributed by atoms with Crippen LogP contribution in [0.3, 0.4) is 0 Å². The summed E-state index contributed by atoms with van der Waals surface area (Å²) in [4.78, 5) is 0. The quantitative estimate of drug-likeness (QED) is 0.846. The van der Waals surface area contributed by atoms with Crippen LogP contribution in [0.5, 0.6) is 5.75 Å². The van der Waals surface area contributed by atoms with E-state index in [1.807, 2.05) is 0 Å². The molecular weight excluding hydrogens is 288 g/mol. The highest BCUT2D eigenvalue weighted by Gasteiger charge is 2.34. The predicted molar refractivity (Wildman–Crippen MR) is 92.8 cm³/mol. The Kier molecular flexibility index (Phi) is 5.92. The maximum atomic E-state index is 5.70. The molecule has 1 aliphatic carbocycles. The Morgan fingerprint density at radius 1 is 1.26 bits per heavy atom. The van der Waals surface area contributed by atoms with Gasteiger partial charge in [-0.25, -0.2) is 0 Å². The molecule has 0 radical (unpaired) electrons. The van der Waals surface area contributed by atoms with Gasteiger partial charge in [0.15, 0.2) is 0 Å². The molecule has 3 unspecified atom stereocenters. The van der Waals surface area contributed by atoms with Crippen LogP contribution in [0.15, 0.2) is 24.3 Å². The van der Waals surface area contributed by atoms with E-state index in [0.717, 1.165) is 32.1 Å². The van der Waals surface area contributed by atoms with Gasteiger partial charge in [0.25, 0.3) is 0 Å². The lowest BCUT2D eigenvalue weighted by Crippen LogP contribution is -2.50. The Morgan fingerprint density at radius 2 is 2.09 bits per heavy atom. The number of nitrogens with one attached hydrogen (secondary N) is 2. The molecule has 3 rings (SSSR count). The van der Waals surface area contributed by atoms with Crippen LogP contribution in [0.2, 0.25) is 0 Å². The minimum Gasteiger partial charge on any atom is -0.491 e. The summed E-state index contributed by atoms with van der Waals surface area (Å²) in [5.41, 5.74) is 1.32. The van der Waals surface area contributed by atoms with Gasteiger partial charge in [0.2, 0.25) is 0 Å². The molecule has 2 N–H and O–H groups in total. The molecule has 4 nitrogen and oxygen atoms in total. The van der Waals surface area contributed by atoms with Crippen molar-refractivity contribution in [1.29, 1.82) is 0 Å². The highest BCUT2D eigenvalue weighted by Crippen LogP contribution is 2.29. The molecule has 1 saturated carbocycles. The zero-order chi connectivity index (χ0) is 16.1. The summed E-state index contributed by atoms with van der Waals surface area (Å²) >= 11 is 0. The summed E-state index contributed by atoms with van der Waals surface area (Å²) in [6.07, 6.45) is 4.13. The number of ether oxygens (including phenoxy) is 2. The second-order valence-corrected chi connectivity index (χ2v) is 7.03. The summed E-state index contributed by atoms with van der Waals surface area (Å²) in [7, 11) is 0. The first kappa shape index (κ1) is 16.7. The van der Waals surface area contributed by atoms with Gasteiger partial charge in [-0.2, -0.15) is 0 Å². The van der Waals surface area contributed by atoms with Crippen molar-refractivity contribution in [2.75, 3.05) is 19.8 Å². The summed E-state index contributed by atoms with van der Waals surface area (Å²) in [6, 6.07) is 9.58. The topological polar surface area (TPSA) is 42.5 Å². The maximum absolute atomic E-state index is 5.70. The van der Waals surface area contributed by atoms with Crippen LogP contribution >= 0.6 is 0 Å². The summed E-state index contributed by atoms with van der Waals surface area (Å²) in [6.45, 7) is 7.75. The molecule has 0 aromatic heterocycles. The standard InChI is InChI=1S/C19H30N2O2/c1-14(2)23-16-8-6-15(7-9-16)12-21-18-5-3-4-17(18)19-13-22-11-10-20-19/h6-9,14,17-21H,3-5,10-13H2,1-2H3. The van der Waals surface area contributed by atoms with E-state index in [4.69, 9.17) is 9.47 Å². The van der Waals surface area contributed by atoms with Crippen LogP contribution in [0.25, 0.3) is 0 Å². The summed E-state index contributed by atoms with van der Waals surface area (Å²) < 4.78 is 11.3. The van der Waals surface area contributed by atoms with Gasteiger partial charge in [-0.1, -0.05) is 18.6 Å². The zero-order valence-electron chi connectivity index (χ0n) is 14.4. The van der Waals surface area contributed by atoms with Crippen molar-refractivity contribution in [3.63, 3.8) is 0 Å². The van der Waals surface area contributed by atoms with Crippen molar-refractivity contribution in [2.45, 2.75) is 57.8 Å². The molecule has 0 spiro atoms. The molecule has 1 aliphatic heterocycles. The third-order valence-electron chi connectivity index (χ3n) is 4.90. The van der Waals surface area contributed by atoms with Crippen molar-refractivity contribution in [3.05, 3.63) is 29.8 Å².